The minimum Gasteiger partial charge on any atom is -0.321 e. The van der Waals surface area contributed by atoms with Gasteiger partial charge in [-0.2, -0.15) is 0 Å². The molecule has 0 radical (unpaired) electrons. The van der Waals surface area contributed by atoms with E-state index in [9.17, 15) is 13.2 Å². The Kier molecular flexibility index (Phi) is 6.36. The van der Waals surface area contributed by atoms with E-state index in [0.717, 1.165) is 11.1 Å². The highest BCUT2D eigenvalue weighted by Gasteiger charge is 2.27. The molecule has 0 saturated carbocycles. The monoisotopic (exact) mass is 434 g/mol. The highest BCUT2D eigenvalue weighted by Crippen LogP contribution is 2.27. The maximum Gasteiger partial charge on any atom is 0.267 e. The SMILES string of the molecule is CC(C)(C)c1ccc(C(=CCCN2CCCS2(=O)=O)c2ccc(Cl)c(=O)[nH]2)cc1. The van der Waals surface area contributed by atoms with E-state index in [2.05, 4.69) is 37.9 Å². The van der Waals surface area contributed by atoms with E-state index in [-0.39, 0.29) is 21.7 Å². The Labute approximate surface area is 177 Å². The smallest absolute Gasteiger partial charge is 0.267 e. The number of sulfonamides is 1. The van der Waals surface area contributed by atoms with E-state index in [1.807, 2.05) is 18.2 Å². The summed E-state index contributed by atoms with van der Waals surface area (Å²) in [5, 5.41) is 0.138. The van der Waals surface area contributed by atoms with Crippen LogP contribution in [-0.2, 0) is 15.4 Å². The van der Waals surface area contributed by atoms with E-state index < -0.39 is 10.0 Å². The zero-order valence-corrected chi connectivity index (χ0v) is 18.6. The fourth-order valence-electron chi connectivity index (χ4n) is 3.44. The van der Waals surface area contributed by atoms with Crippen LogP contribution in [0.15, 0.2) is 47.3 Å². The maximum absolute atomic E-state index is 12.0. The first-order valence-corrected chi connectivity index (χ1v) is 11.7. The highest BCUT2D eigenvalue weighted by molar-refractivity contribution is 7.89. The molecule has 5 nitrogen and oxygen atoms in total. The molecule has 1 aromatic carbocycles. The Bertz CT molecular complexity index is 1060. The van der Waals surface area contributed by atoms with Gasteiger partial charge in [-0.05, 0) is 41.5 Å². The van der Waals surface area contributed by atoms with Gasteiger partial charge in [-0.1, -0.05) is 62.7 Å². The fraction of sp³-hybridized carbons (Fsp3) is 0.409. The van der Waals surface area contributed by atoms with Crippen molar-refractivity contribution >= 4 is 27.2 Å². The first-order chi connectivity index (χ1) is 13.6. The molecule has 0 amide bonds. The Balaban J connectivity index is 1.93. The number of hydrogen-bond acceptors (Lipinski definition) is 3. The van der Waals surface area contributed by atoms with Crippen LogP contribution in [-0.4, -0.2) is 36.5 Å². The van der Waals surface area contributed by atoms with Crippen LogP contribution in [0.4, 0.5) is 0 Å². The van der Waals surface area contributed by atoms with Gasteiger partial charge in [0.05, 0.1) is 5.75 Å². The zero-order valence-electron chi connectivity index (χ0n) is 17.0. The number of nitrogens with zero attached hydrogens (tertiary/aromatic N) is 1. The zero-order chi connectivity index (χ0) is 21.2. The molecule has 0 unspecified atom stereocenters. The number of H-pyrrole nitrogens is 1. The van der Waals surface area contributed by atoms with Gasteiger partial charge >= 0.3 is 0 Å². The van der Waals surface area contributed by atoms with Crippen molar-refractivity contribution in [2.24, 2.45) is 0 Å². The molecular weight excluding hydrogens is 408 g/mol. The van der Waals surface area contributed by atoms with Crippen molar-refractivity contribution in [3.8, 4) is 0 Å². The van der Waals surface area contributed by atoms with Crippen molar-refractivity contribution in [2.75, 3.05) is 18.8 Å². The summed E-state index contributed by atoms with van der Waals surface area (Å²) in [5.41, 5.74) is 3.39. The number of nitrogens with one attached hydrogen (secondary N) is 1. The molecule has 0 bridgehead atoms. The molecule has 1 aliphatic rings. The summed E-state index contributed by atoms with van der Waals surface area (Å²) in [6.45, 7) is 7.48. The molecule has 0 aliphatic carbocycles. The molecule has 1 N–H and O–H groups in total. The Morgan fingerprint density at radius 3 is 2.41 bits per heavy atom. The van der Waals surface area contributed by atoms with Gasteiger partial charge in [0, 0.05) is 24.4 Å². The Morgan fingerprint density at radius 2 is 1.86 bits per heavy atom. The number of benzene rings is 1. The van der Waals surface area contributed by atoms with Gasteiger partial charge in [-0.25, -0.2) is 12.7 Å². The lowest BCUT2D eigenvalue weighted by Gasteiger charge is -2.20. The van der Waals surface area contributed by atoms with Crippen LogP contribution < -0.4 is 5.56 Å². The summed E-state index contributed by atoms with van der Waals surface area (Å²) < 4.78 is 25.6. The highest BCUT2D eigenvalue weighted by atomic mass is 35.5. The fourth-order valence-corrected chi connectivity index (χ4v) is 5.09. The Morgan fingerprint density at radius 1 is 1.17 bits per heavy atom. The van der Waals surface area contributed by atoms with Crippen LogP contribution in [0, 0.1) is 0 Å². The molecular formula is C22H27ClN2O3S. The minimum atomic E-state index is -3.12. The standard InChI is InChI=1S/C22H27ClN2O3S/c1-22(2,3)17-9-7-16(8-10-17)18(20-12-11-19(23)21(26)24-20)6-4-13-25-14-5-15-29(25,27)28/h6-12H,4-5,13-15H2,1-3H3,(H,24,26). The van der Waals surface area contributed by atoms with Crippen LogP contribution in [0.3, 0.4) is 0 Å². The quantitative estimate of drug-likeness (QED) is 0.767. The van der Waals surface area contributed by atoms with Crippen LogP contribution >= 0.6 is 11.6 Å². The van der Waals surface area contributed by atoms with Gasteiger partial charge in [0.2, 0.25) is 10.0 Å². The van der Waals surface area contributed by atoms with E-state index in [1.165, 1.54) is 9.87 Å². The van der Waals surface area contributed by atoms with Gasteiger partial charge in [0.15, 0.2) is 0 Å². The van der Waals surface area contributed by atoms with E-state index in [0.29, 0.717) is 31.6 Å². The third kappa shape index (κ3) is 5.18. The lowest BCUT2D eigenvalue weighted by molar-refractivity contribution is 0.450. The molecule has 0 atom stereocenters. The summed E-state index contributed by atoms with van der Waals surface area (Å²) in [6.07, 6.45) is 3.22. The molecule has 156 valence electrons. The average Bonchev–Trinajstić information content (AvgIpc) is 2.99. The van der Waals surface area contributed by atoms with Crippen molar-refractivity contribution in [3.63, 3.8) is 0 Å². The Hall–Kier alpha value is -1.89. The van der Waals surface area contributed by atoms with Crippen LogP contribution in [0.2, 0.25) is 5.02 Å². The molecule has 1 aromatic heterocycles. The number of pyridine rings is 1. The predicted molar refractivity (Wildman–Crippen MR) is 119 cm³/mol. The third-order valence-electron chi connectivity index (χ3n) is 5.14. The van der Waals surface area contributed by atoms with Crippen molar-refractivity contribution in [1.29, 1.82) is 0 Å². The summed E-state index contributed by atoms with van der Waals surface area (Å²) in [5.74, 6) is 0.225. The number of hydrogen-bond donors (Lipinski definition) is 1. The summed E-state index contributed by atoms with van der Waals surface area (Å²) >= 11 is 5.89. The van der Waals surface area contributed by atoms with Gasteiger partial charge in [-0.15, -0.1) is 0 Å². The summed E-state index contributed by atoms with van der Waals surface area (Å²) in [4.78, 5) is 14.9. The minimum absolute atomic E-state index is 0.0428. The van der Waals surface area contributed by atoms with E-state index in [4.69, 9.17) is 11.6 Å². The van der Waals surface area contributed by atoms with Gasteiger partial charge in [-0.3, -0.25) is 4.79 Å². The van der Waals surface area contributed by atoms with Crippen molar-refractivity contribution in [3.05, 3.63) is 74.7 Å². The average molecular weight is 435 g/mol. The lowest BCUT2D eigenvalue weighted by Crippen LogP contribution is -2.26. The van der Waals surface area contributed by atoms with Crippen molar-refractivity contribution in [2.45, 2.75) is 39.0 Å². The molecule has 1 aliphatic heterocycles. The molecule has 2 aromatic rings. The van der Waals surface area contributed by atoms with E-state index in [1.54, 1.807) is 12.1 Å². The normalized spacial score (nSPS) is 17.6. The second-order valence-corrected chi connectivity index (χ2v) is 10.8. The molecule has 1 fully saturated rings. The van der Waals surface area contributed by atoms with Gasteiger partial charge in [0.1, 0.15) is 5.02 Å². The van der Waals surface area contributed by atoms with Crippen LogP contribution in [0.5, 0.6) is 0 Å². The van der Waals surface area contributed by atoms with Gasteiger partial charge < -0.3 is 4.98 Å². The van der Waals surface area contributed by atoms with E-state index >= 15 is 0 Å². The topological polar surface area (TPSA) is 70.2 Å². The van der Waals surface area contributed by atoms with Crippen LogP contribution in [0.25, 0.3) is 5.57 Å². The second-order valence-electron chi connectivity index (χ2n) is 8.35. The first-order valence-electron chi connectivity index (χ1n) is 9.76. The van der Waals surface area contributed by atoms with Crippen molar-refractivity contribution in [1.82, 2.24) is 9.29 Å². The largest absolute Gasteiger partial charge is 0.321 e. The number of halogens is 1. The predicted octanol–water partition coefficient (Wildman–Crippen LogP) is 4.18. The maximum atomic E-state index is 12.0. The van der Waals surface area contributed by atoms with Crippen molar-refractivity contribution < 1.29 is 8.42 Å². The lowest BCUT2D eigenvalue weighted by atomic mass is 9.86. The molecule has 29 heavy (non-hydrogen) atoms. The van der Waals surface area contributed by atoms with Crippen LogP contribution in [0.1, 0.15) is 50.4 Å². The molecule has 0 spiro atoms. The third-order valence-corrected chi connectivity index (χ3v) is 7.40. The molecule has 1 saturated heterocycles. The number of aromatic nitrogens is 1. The number of rotatable bonds is 5. The molecule has 2 heterocycles. The molecule has 3 rings (SSSR count). The second kappa shape index (κ2) is 8.46. The van der Waals surface area contributed by atoms with Gasteiger partial charge in [0.25, 0.3) is 5.56 Å². The summed E-state index contributed by atoms with van der Waals surface area (Å²) in [7, 11) is -3.12. The first kappa shape index (κ1) is 21.8. The summed E-state index contributed by atoms with van der Waals surface area (Å²) in [6, 6.07) is 11.6. The molecule has 7 heteroatoms. The number of aromatic amines is 1.